The SMILES string of the molecule is Cc1nccn1CCC(=O)NC1CC2(CCC(=O)N(C)CC2)Oc2ccccc21. The predicted octanol–water partition coefficient (Wildman–Crippen LogP) is 2.60. The second kappa shape index (κ2) is 7.89. The van der Waals surface area contributed by atoms with Crippen LogP contribution in [0.1, 0.15) is 49.5 Å². The monoisotopic (exact) mass is 396 g/mol. The lowest BCUT2D eigenvalue weighted by Crippen LogP contribution is -2.46. The Kier molecular flexibility index (Phi) is 5.30. The van der Waals surface area contributed by atoms with E-state index in [9.17, 15) is 9.59 Å². The maximum Gasteiger partial charge on any atom is 0.222 e. The minimum absolute atomic E-state index is 0.0109. The predicted molar refractivity (Wildman–Crippen MR) is 108 cm³/mol. The molecule has 4 rings (SSSR count). The second-order valence-corrected chi connectivity index (χ2v) is 8.13. The summed E-state index contributed by atoms with van der Waals surface area (Å²) in [7, 11) is 1.84. The molecule has 1 saturated heterocycles. The molecule has 1 aromatic heterocycles. The van der Waals surface area contributed by atoms with Gasteiger partial charge in [-0.25, -0.2) is 4.98 Å². The zero-order valence-corrected chi connectivity index (χ0v) is 17.1. The summed E-state index contributed by atoms with van der Waals surface area (Å²) in [5, 5.41) is 3.22. The standard InChI is InChI=1S/C22H28N4O3/c1-16-23-11-14-26(16)12-8-20(27)24-18-15-22(9-7-21(28)25(2)13-10-22)29-19-6-4-3-5-17(18)19/h3-6,11,14,18H,7-10,12-13,15H2,1-2H3,(H,24,27). The van der Waals surface area contributed by atoms with Gasteiger partial charge in [0.2, 0.25) is 11.8 Å². The van der Waals surface area contributed by atoms with Gasteiger partial charge in [0.25, 0.3) is 0 Å². The smallest absolute Gasteiger partial charge is 0.222 e. The number of hydrogen-bond acceptors (Lipinski definition) is 4. The molecule has 2 aromatic rings. The van der Waals surface area contributed by atoms with Gasteiger partial charge in [-0.15, -0.1) is 0 Å². The fraction of sp³-hybridized carbons (Fsp3) is 0.500. The van der Waals surface area contributed by atoms with E-state index in [0.717, 1.165) is 23.6 Å². The van der Waals surface area contributed by atoms with E-state index in [1.165, 1.54) is 0 Å². The molecule has 154 valence electrons. The van der Waals surface area contributed by atoms with E-state index in [2.05, 4.69) is 10.3 Å². The molecular formula is C22H28N4O3. The summed E-state index contributed by atoms with van der Waals surface area (Å²) >= 11 is 0. The number of benzene rings is 1. The van der Waals surface area contributed by atoms with E-state index >= 15 is 0 Å². The van der Waals surface area contributed by atoms with Crippen LogP contribution in [-0.4, -0.2) is 45.5 Å². The number of rotatable bonds is 4. The van der Waals surface area contributed by atoms with Gasteiger partial charge in [-0.3, -0.25) is 9.59 Å². The van der Waals surface area contributed by atoms with Gasteiger partial charge in [0, 0.05) is 63.8 Å². The minimum Gasteiger partial charge on any atom is -0.487 e. The lowest BCUT2D eigenvalue weighted by atomic mass is 9.82. The molecule has 3 heterocycles. The Morgan fingerprint density at radius 2 is 2.17 bits per heavy atom. The van der Waals surface area contributed by atoms with Crippen molar-refractivity contribution in [3.63, 3.8) is 0 Å². The molecule has 1 aromatic carbocycles. The Hall–Kier alpha value is -2.83. The molecule has 0 saturated carbocycles. The first-order valence-corrected chi connectivity index (χ1v) is 10.2. The number of imidazole rings is 1. The number of amides is 2. The summed E-state index contributed by atoms with van der Waals surface area (Å²) < 4.78 is 8.42. The summed E-state index contributed by atoms with van der Waals surface area (Å²) in [6, 6.07) is 7.78. The number of aryl methyl sites for hydroxylation is 2. The summed E-state index contributed by atoms with van der Waals surface area (Å²) in [4.78, 5) is 30.9. The van der Waals surface area contributed by atoms with Crippen molar-refractivity contribution in [1.82, 2.24) is 19.8 Å². The third-order valence-electron chi connectivity index (χ3n) is 6.16. The molecule has 2 unspecified atom stereocenters. The number of hydrogen-bond donors (Lipinski definition) is 1. The van der Waals surface area contributed by atoms with E-state index in [1.807, 2.05) is 49.0 Å². The van der Waals surface area contributed by atoms with Crippen LogP contribution in [0.25, 0.3) is 0 Å². The third kappa shape index (κ3) is 4.13. The first kappa shape index (κ1) is 19.5. The molecule has 7 nitrogen and oxygen atoms in total. The molecule has 1 spiro atoms. The average Bonchev–Trinajstić information content (AvgIpc) is 3.08. The van der Waals surface area contributed by atoms with Crippen molar-refractivity contribution in [3.05, 3.63) is 48.0 Å². The third-order valence-corrected chi connectivity index (χ3v) is 6.16. The highest BCUT2D eigenvalue weighted by atomic mass is 16.5. The van der Waals surface area contributed by atoms with Crippen molar-refractivity contribution < 1.29 is 14.3 Å². The number of carbonyl (C=O) groups is 2. The van der Waals surface area contributed by atoms with Crippen LogP contribution in [0, 0.1) is 6.92 Å². The Morgan fingerprint density at radius 1 is 1.34 bits per heavy atom. The van der Waals surface area contributed by atoms with E-state index < -0.39 is 5.60 Å². The number of carbonyl (C=O) groups excluding carboxylic acids is 2. The largest absolute Gasteiger partial charge is 0.487 e. The van der Waals surface area contributed by atoms with Crippen LogP contribution in [0.4, 0.5) is 0 Å². The van der Waals surface area contributed by atoms with Crippen molar-refractivity contribution >= 4 is 11.8 Å². The lowest BCUT2D eigenvalue weighted by Gasteiger charge is -2.42. The van der Waals surface area contributed by atoms with E-state index in [4.69, 9.17) is 4.74 Å². The number of likely N-dealkylation sites (tertiary alicyclic amines) is 1. The quantitative estimate of drug-likeness (QED) is 0.862. The zero-order chi connectivity index (χ0) is 20.4. The summed E-state index contributed by atoms with van der Waals surface area (Å²) in [6.07, 6.45) is 6.62. The minimum atomic E-state index is -0.423. The fourth-order valence-electron chi connectivity index (χ4n) is 4.33. The Labute approximate surface area is 171 Å². The van der Waals surface area contributed by atoms with Crippen molar-refractivity contribution in [3.8, 4) is 5.75 Å². The first-order valence-electron chi connectivity index (χ1n) is 10.2. The number of para-hydroxylation sites is 1. The van der Waals surface area contributed by atoms with Crippen LogP contribution in [-0.2, 0) is 16.1 Å². The van der Waals surface area contributed by atoms with Crippen molar-refractivity contribution in [2.45, 2.75) is 57.2 Å². The highest BCUT2D eigenvalue weighted by molar-refractivity contribution is 5.77. The normalized spacial score (nSPS) is 24.0. The molecule has 7 heteroatoms. The number of aromatic nitrogens is 2. The molecule has 0 aliphatic carbocycles. The maximum absolute atomic E-state index is 12.7. The van der Waals surface area contributed by atoms with E-state index in [-0.39, 0.29) is 17.9 Å². The van der Waals surface area contributed by atoms with Crippen molar-refractivity contribution in [2.24, 2.45) is 0 Å². The summed E-state index contributed by atoms with van der Waals surface area (Å²) in [5.74, 6) is 1.88. The number of ether oxygens (including phenoxy) is 1. The molecule has 1 fully saturated rings. The topological polar surface area (TPSA) is 76.5 Å². The molecule has 1 N–H and O–H groups in total. The maximum atomic E-state index is 12.7. The number of fused-ring (bicyclic) bond motifs is 1. The highest BCUT2D eigenvalue weighted by Gasteiger charge is 2.43. The van der Waals surface area contributed by atoms with Crippen LogP contribution in [0.15, 0.2) is 36.7 Å². The molecule has 29 heavy (non-hydrogen) atoms. The van der Waals surface area contributed by atoms with Crippen LogP contribution >= 0.6 is 0 Å². The zero-order valence-electron chi connectivity index (χ0n) is 17.1. The number of nitrogens with zero attached hydrogens (tertiary/aromatic N) is 3. The molecule has 0 radical (unpaired) electrons. The molecule has 0 bridgehead atoms. The van der Waals surface area contributed by atoms with Crippen LogP contribution in [0.2, 0.25) is 0 Å². The highest BCUT2D eigenvalue weighted by Crippen LogP contribution is 2.44. The average molecular weight is 396 g/mol. The molecule has 2 atom stereocenters. The van der Waals surface area contributed by atoms with Gasteiger partial charge in [0.05, 0.1) is 6.04 Å². The Morgan fingerprint density at radius 3 is 2.97 bits per heavy atom. The van der Waals surface area contributed by atoms with E-state index in [1.54, 1.807) is 11.1 Å². The van der Waals surface area contributed by atoms with Crippen LogP contribution < -0.4 is 10.1 Å². The summed E-state index contributed by atoms with van der Waals surface area (Å²) in [5.41, 5.74) is 0.586. The van der Waals surface area contributed by atoms with Gasteiger partial charge in [0.1, 0.15) is 17.2 Å². The fourth-order valence-corrected chi connectivity index (χ4v) is 4.33. The molecule has 2 amide bonds. The van der Waals surface area contributed by atoms with Gasteiger partial charge in [-0.2, -0.15) is 0 Å². The van der Waals surface area contributed by atoms with Crippen LogP contribution in [0.3, 0.4) is 0 Å². The van der Waals surface area contributed by atoms with Gasteiger partial charge in [-0.1, -0.05) is 18.2 Å². The Balaban J connectivity index is 1.50. The van der Waals surface area contributed by atoms with Gasteiger partial charge < -0.3 is 19.5 Å². The first-order chi connectivity index (χ1) is 14.0. The molecule has 2 aliphatic rings. The van der Waals surface area contributed by atoms with Crippen molar-refractivity contribution in [1.29, 1.82) is 0 Å². The van der Waals surface area contributed by atoms with E-state index in [0.29, 0.717) is 38.8 Å². The second-order valence-electron chi connectivity index (χ2n) is 8.13. The van der Waals surface area contributed by atoms with Gasteiger partial charge >= 0.3 is 0 Å². The van der Waals surface area contributed by atoms with Crippen molar-refractivity contribution in [2.75, 3.05) is 13.6 Å². The number of nitrogens with one attached hydrogen (secondary N) is 1. The summed E-state index contributed by atoms with van der Waals surface area (Å²) in [6.45, 7) is 3.20. The molecule has 2 aliphatic heterocycles. The lowest BCUT2D eigenvalue weighted by molar-refractivity contribution is -0.129. The van der Waals surface area contributed by atoms with Gasteiger partial charge in [0.15, 0.2) is 0 Å². The Bertz CT molecular complexity index is 909. The van der Waals surface area contributed by atoms with Gasteiger partial charge in [-0.05, 0) is 19.4 Å². The molecular weight excluding hydrogens is 368 g/mol. The van der Waals surface area contributed by atoms with Crippen LogP contribution in [0.5, 0.6) is 5.75 Å².